The van der Waals surface area contributed by atoms with E-state index in [0.29, 0.717) is 6.54 Å². The molecule has 0 radical (unpaired) electrons. The molecule has 0 fully saturated rings. The van der Waals surface area contributed by atoms with E-state index < -0.39 is 6.04 Å². The highest BCUT2D eigenvalue weighted by Gasteiger charge is 2.11. The Morgan fingerprint density at radius 1 is 1.24 bits per heavy atom. The molecule has 0 bridgehead atoms. The fourth-order valence-electron chi connectivity index (χ4n) is 1.53. The van der Waals surface area contributed by atoms with Gasteiger partial charge in [-0.15, -0.1) is 0 Å². The lowest BCUT2D eigenvalue weighted by Crippen LogP contribution is -2.40. The first-order valence-corrected chi connectivity index (χ1v) is 5.49. The maximum Gasteiger partial charge on any atom is 0.224 e. The minimum absolute atomic E-state index is 0.198. The second-order valence-corrected chi connectivity index (χ2v) is 3.78. The van der Waals surface area contributed by atoms with E-state index in [4.69, 9.17) is 15.9 Å². The fraction of sp³-hybridized carbons (Fsp3) is 0.417. The van der Waals surface area contributed by atoms with Crippen molar-refractivity contribution >= 4 is 5.91 Å². The number of aliphatic hydroxyl groups excluding tert-OH is 2. The Labute approximate surface area is 100 Å². The molecule has 0 heterocycles. The van der Waals surface area contributed by atoms with Crippen LogP contribution in [0.25, 0.3) is 0 Å². The Morgan fingerprint density at radius 2 is 1.82 bits per heavy atom. The third kappa shape index (κ3) is 4.14. The van der Waals surface area contributed by atoms with Crippen LogP contribution in [0.15, 0.2) is 24.3 Å². The molecule has 0 aliphatic carbocycles. The van der Waals surface area contributed by atoms with Gasteiger partial charge < -0.3 is 21.3 Å². The number of carbonyl (C=O) groups excluding carboxylic acids is 1. The summed E-state index contributed by atoms with van der Waals surface area (Å²) in [6.07, 6.45) is 0.198. The number of nitrogens with one attached hydrogen (secondary N) is 1. The summed E-state index contributed by atoms with van der Waals surface area (Å²) >= 11 is 0. The van der Waals surface area contributed by atoms with Gasteiger partial charge in [-0.25, -0.2) is 0 Å². The standard InChI is InChI=1S/C12H18N2O3/c13-6-10-4-2-1-3-9(10)5-12(17)14-11(7-15)8-16/h1-4,11,15-16H,5-8,13H2,(H,14,17). The Morgan fingerprint density at radius 3 is 2.35 bits per heavy atom. The lowest BCUT2D eigenvalue weighted by molar-refractivity contribution is -0.121. The van der Waals surface area contributed by atoms with E-state index in [2.05, 4.69) is 5.32 Å². The summed E-state index contributed by atoms with van der Waals surface area (Å²) in [7, 11) is 0. The summed E-state index contributed by atoms with van der Waals surface area (Å²) in [5, 5.41) is 20.2. The van der Waals surface area contributed by atoms with Gasteiger partial charge in [0.2, 0.25) is 5.91 Å². The van der Waals surface area contributed by atoms with Crippen LogP contribution in [0.2, 0.25) is 0 Å². The SMILES string of the molecule is NCc1ccccc1CC(=O)NC(CO)CO. The zero-order chi connectivity index (χ0) is 12.7. The van der Waals surface area contributed by atoms with Gasteiger partial charge in [0.25, 0.3) is 0 Å². The molecule has 5 heteroatoms. The van der Waals surface area contributed by atoms with Crippen molar-refractivity contribution in [3.63, 3.8) is 0 Å². The summed E-state index contributed by atoms with van der Waals surface area (Å²) in [6.45, 7) is -0.172. The smallest absolute Gasteiger partial charge is 0.224 e. The molecule has 0 aromatic heterocycles. The summed E-state index contributed by atoms with van der Waals surface area (Å²) in [6, 6.07) is 6.82. The van der Waals surface area contributed by atoms with Crippen molar-refractivity contribution in [2.45, 2.75) is 19.0 Å². The monoisotopic (exact) mass is 238 g/mol. The zero-order valence-corrected chi connectivity index (χ0v) is 9.60. The Kier molecular flexibility index (Phi) is 5.62. The number of aliphatic hydroxyl groups is 2. The molecule has 94 valence electrons. The number of hydrogen-bond acceptors (Lipinski definition) is 4. The van der Waals surface area contributed by atoms with Crippen molar-refractivity contribution in [1.29, 1.82) is 0 Å². The largest absolute Gasteiger partial charge is 0.394 e. The second kappa shape index (κ2) is 7.01. The summed E-state index contributed by atoms with van der Waals surface area (Å²) < 4.78 is 0. The first-order chi connectivity index (χ1) is 8.21. The molecule has 0 saturated heterocycles. The second-order valence-electron chi connectivity index (χ2n) is 3.78. The number of benzene rings is 1. The molecular formula is C12H18N2O3. The van der Waals surface area contributed by atoms with Crippen LogP contribution in [0.3, 0.4) is 0 Å². The fourth-order valence-corrected chi connectivity index (χ4v) is 1.53. The molecule has 1 aromatic rings. The van der Waals surface area contributed by atoms with E-state index in [0.717, 1.165) is 11.1 Å². The van der Waals surface area contributed by atoms with Crippen LogP contribution in [0.4, 0.5) is 0 Å². The summed E-state index contributed by atoms with van der Waals surface area (Å²) in [4.78, 5) is 11.6. The molecule has 0 atom stereocenters. The van der Waals surface area contributed by atoms with Gasteiger partial charge in [-0.2, -0.15) is 0 Å². The average Bonchev–Trinajstić information content (AvgIpc) is 2.36. The van der Waals surface area contributed by atoms with E-state index in [1.54, 1.807) is 0 Å². The molecule has 5 nitrogen and oxygen atoms in total. The van der Waals surface area contributed by atoms with Gasteiger partial charge in [0.1, 0.15) is 0 Å². The van der Waals surface area contributed by atoms with Crippen LogP contribution in [-0.4, -0.2) is 35.4 Å². The molecule has 0 unspecified atom stereocenters. The van der Waals surface area contributed by atoms with Crippen molar-refractivity contribution in [2.75, 3.05) is 13.2 Å². The van der Waals surface area contributed by atoms with Crippen LogP contribution < -0.4 is 11.1 Å². The lowest BCUT2D eigenvalue weighted by Gasteiger charge is -2.14. The van der Waals surface area contributed by atoms with Gasteiger partial charge >= 0.3 is 0 Å². The van der Waals surface area contributed by atoms with Crippen LogP contribution >= 0.6 is 0 Å². The normalized spacial score (nSPS) is 10.6. The molecule has 1 rings (SSSR count). The maximum absolute atomic E-state index is 11.6. The number of amides is 1. The van der Waals surface area contributed by atoms with Crippen LogP contribution in [0.5, 0.6) is 0 Å². The van der Waals surface area contributed by atoms with Gasteiger partial charge in [0, 0.05) is 6.54 Å². The van der Waals surface area contributed by atoms with E-state index in [-0.39, 0.29) is 25.5 Å². The number of hydrogen-bond donors (Lipinski definition) is 4. The predicted molar refractivity (Wildman–Crippen MR) is 64.1 cm³/mol. The maximum atomic E-state index is 11.6. The Bertz CT molecular complexity index is 365. The van der Waals surface area contributed by atoms with E-state index in [9.17, 15) is 4.79 Å². The number of rotatable bonds is 6. The summed E-state index contributed by atoms with van der Waals surface area (Å²) in [5.74, 6) is -0.237. The molecule has 1 aromatic carbocycles. The minimum atomic E-state index is -0.604. The molecule has 17 heavy (non-hydrogen) atoms. The first-order valence-electron chi connectivity index (χ1n) is 5.49. The highest BCUT2D eigenvalue weighted by atomic mass is 16.3. The topological polar surface area (TPSA) is 95.6 Å². The number of nitrogens with two attached hydrogens (primary N) is 1. The van der Waals surface area contributed by atoms with Crippen LogP contribution in [-0.2, 0) is 17.8 Å². The quantitative estimate of drug-likeness (QED) is 0.519. The predicted octanol–water partition coefficient (Wildman–Crippen LogP) is -0.843. The zero-order valence-electron chi connectivity index (χ0n) is 9.60. The third-order valence-electron chi connectivity index (χ3n) is 2.50. The van der Waals surface area contributed by atoms with Gasteiger partial charge in [-0.3, -0.25) is 4.79 Å². The van der Waals surface area contributed by atoms with Crippen molar-refractivity contribution in [3.8, 4) is 0 Å². The Hall–Kier alpha value is -1.43. The van der Waals surface area contributed by atoms with Crippen LogP contribution in [0, 0.1) is 0 Å². The van der Waals surface area contributed by atoms with Crippen LogP contribution in [0.1, 0.15) is 11.1 Å². The molecule has 1 amide bonds. The van der Waals surface area contributed by atoms with Gasteiger partial charge in [0.15, 0.2) is 0 Å². The minimum Gasteiger partial charge on any atom is -0.394 e. The van der Waals surface area contributed by atoms with Gasteiger partial charge in [-0.1, -0.05) is 24.3 Å². The van der Waals surface area contributed by atoms with Crippen molar-refractivity contribution in [3.05, 3.63) is 35.4 Å². The molecule has 0 aliphatic rings. The highest BCUT2D eigenvalue weighted by Crippen LogP contribution is 2.08. The van der Waals surface area contributed by atoms with E-state index in [1.807, 2.05) is 24.3 Å². The molecule has 0 spiro atoms. The van der Waals surface area contributed by atoms with Gasteiger partial charge in [0.05, 0.1) is 25.7 Å². The molecule has 5 N–H and O–H groups in total. The molecular weight excluding hydrogens is 220 g/mol. The first kappa shape index (κ1) is 13.6. The molecule has 0 saturated carbocycles. The number of carbonyl (C=O) groups is 1. The molecule has 0 aliphatic heterocycles. The lowest BCUT2D eigenvalue weighted by atomic mass is 10.0. The summed E-state index contributed by atoms with van der Waals surface area (Å²) in [5.41, 5.74) is 7.35. The van der Waals surface area contributed by atoms with E-state index >= 15 is 0 Å². The highest BCUT2D eigenvalue weighted by molar-refractivity contribution is 5.79. The third-order valence-corrected chi connectivity index (χ3v) is 2.50. The Balaban J connectivity index is 2.61. The van der Waals surface area contributed by atoms with Gasteiger partial charge in [-0.05, 0) is 11.1 Å². The average molecular weight is 238 g/mol. The van der Waals surface area contributed by atoms with E-state index in [1.165, 1.54) is 0 Å². The van der Waals surface area contributed by atoms with Crippen molar-refractivity contribution in [2.24, 2.45) is 5.73 Å². The van der Waals surface area contributed by atoms with Crippen molar-refractivity contribution in [1.82, 2.24) is 5.32 Å². The van der Waals surface area contributed by atoms with Crippen molar-refractivity contribution < 1.29 is 15.0 Å².